The van der Waals surface area contributed by atoms with Crippen LogP contribution >= 0.6 is 0 Å². The minimum Gasteiger partial charge on any atom is -0.480 e. The maximum Gasteiger partial charge on any atom is 0.317 e. The molecule has 2 amide bonds. The first-order valence-corrected chi connectivity index (χ1v) is 17.5. The molecule has 1 heterocycles. The number of carboxylic acid groups (broad SMARTS) is 3. The molecule has 0 spiro atoms. The van der Waals surface area contributed by atoms with Crippen LogP contribution < -0.4 is 16.0 Å². The summed E-state index contributed by atoms with van der Waals surface area (Å²) in [5.41, 5.74) is 0. The number of carbonyl (C=O) groups is 6. The van der Waals surface area contributed by atoms with Crippen molar-refractivity contribution in [1.82, 2.24) is 35.6 Å². The first-order chi connectivity index (χ1) is 24.5. The summed E-state index contributed by atoms with van der Waals surface area (Å²) in [4.78, 5) is 77.7. The molecule has 1 atom stereocenters. The predicted octanol–water partition coefficient (Wildman–Crippen LogP) is -2.91. The highest BCUT2D eigenvalue weighted by atomic mass is 16.5. The number of nitrogens with one attached hydrogen (secondary N) is 3. The van der Waals surface area contributed by atoms with E-state index in [9.17, 15) is 44.1 Å². The molecule has 1 aliphatic rings. The number of unbranched alkanes of at least 4 members (excludes halogenated alkanes) is 1. The molecule has 1 unspecified atom stereocenters. The number of nitrogens with zero attached hydrogens (tertiary/aromatic N) is 4. The number of hydrogen-bond donors (Lipinski definition) is 6. The number of aldehydes is 1. The zero-order valence-electron chi connectivity index (χ0n) is 29.9. The van der Waals surface area contributed by atoms with Crippen molar-refractivity contribution >= 4 is 36.0 Å². The lowest BCUT2D eigenvalue weighted by atomic mass is 10.1. The molecule has 0 aliphatic carbocycles. The average molecular weight is 734 g/mol. The van der Waals surface area contributed by atoms with Gasteiger partial charge in [-0.15, -0.1) is 0 Å². The van der Waals surface area contributed by atoms with Crippen molar-refractivity contribution in [3.8, 4) is 0 Å². The normalized spacial score (nSPS) is 16.4. The average Bonchev–Trinajstić information content (AvgIpc) is 3.06. The number of amides is 2. The second-order valence-electron chi connectivity index (χ2n) is 12.1. The smallest absolute Gasteiger partial charge is 0.317 e. The molecule has 0 saturated carbocycles. The highest BCUT2D eigenvalue weighted by Crippen LogP contribution is 2.03. The molecule has 6 N–H and O–H groups in total. The Morgan fingerprint density at radius 1 is 0.608 bits per heavy atom. The molecule has 1 rings (SSSR count). The van der Waals surface area contributed by atoms with Crippen LogP contribution in [0.5, 0.6) is 0 Å². The van der Waals surface area contributed by atoms with Crippen LogP contribution in [0.25, 0.3) is 0 Å². The highest BCUT2D eigenvalue weighted by Gasteiger charge is 2.21. The van der Waals surface area contributed by atoms with E-state index in [1.807, 2.05) is 11.9 Å². The Bertz CT molecular complexity index is 993. The molecule has 0 aromatic carbocycles. The third kappa shape index (κ3) is 26.2. The fourth-order valence-corrected chi connectivity index (χ4v) is 5.10. The SMILES string of the molecule is CNCCOCCOCCOCCC(=O)NC(C=O)CCCCNC(=O)CN1CCN(CC(=O)O)CCN(CC(=O)O)CCN(CC(=O)O)CC1. The largest absolute Gasteiger partial charge is 0.480 e. The minimum atomic E-state index is -1.03. The molecule has 0 bridgehead atoms. The summed E-state index contributed by atoms with van der Waals surface area (Å²) in [7, 11) is 1.85. The van der Waals surface area contributed by atoms with Crippen LogP contribution in [0.2, 0.25) is 0 Å². The van der Waals surface area contributed by atoms with E-state index in [1.54, 1.807) is 14.7 Å². The van der Waals surface area contributed by atoms with Gasteiger partial charge in [0.25, 0.3) is 0 Å². The van der Waals surface area contributed by atoms with E-state index in [0.29, 0.717) is 104 Å². The molecule has 19 nitrogen and oxygen atoms in total. The first kappa shape index (κ1) is 45.7. The van der Waals surface area contributed by atoms with Gasteiger partial charge in [0, 0.05) is 71.9 Å². The second kappa shape index (κ2) is 29.3. The molecular formula is C32H59N7O12. The van der Waals surface area contributed by atoms with Crippen molar-refractivity contribution in [2.24, 2.45) is 0 Å². The summed E-state index contributed by atoms with van der Waals surface area (Å²) in [6.45, 7) is 5.34. The number of rotatable bonds is 27. The topological polar surface area (TPSA) is 240 Å². The van der Waals surface area contributed by atoms with Crippen LogP contribution in [0, 0.1) is 0 Å². The highest BCUT2D eigenvalue weighted by molar-refractivity contribution is 5.79. The van der Waals surface area contributed by atoms with E-state index in [4.69, 9.17) is 14.2 Å². The number of likely N-dealkylation sites (N-methyl/N-ethyl adjacent to an activating group) is 1. The minimum absolute atomic E-state index is 0.0135. The third-order valence-corrected chi connectivity index (χ3v) is 7.86. The molecule has 1 fully saturated rings. The van der Waals surface area contributed by atoms with Crippen molar-refractivity contribution in [2.45, 2.75) is 31.7 Å². The van der Waals surface area contributed by atoms with Crippen molar-refractivity contribution in [3.63, 3.8) is 0 Å². The Labute approximate surface area is 299 Å². The fraction of sp³-hybridized carbons (Fsp3) is 0.812. The molecule has 0 aromatic heterocycles. The van der Waals surface area contributed by atoms with Gasteiger partial charge in [-0.05, 0) is 26.3 Å². The van der Waals surface area contributed by atoms with Crippen molar-refractivity contribution in [3.05, 3.63) is 0 Å². The Balaban J connectivity index is 2.44. The first-order valence-electron chi connectivity index (χ1n) is 17.5. The van der Waals surface area contributed by atoms with Gasteiger partial charge in [-0.25, -0.2) is 0 Å². The maximum absolute atomic E-state index is 12.8. The number of aliphatic carboxylic acids is 3. The maximum atomic E-state index is 12.8. The standard InChI is InChI=1S/C32H59N7O12/c1-33-7-17-50-19-21-51-20-18-49-16-5-28(41)35-27(26-40)4-2-3-6-34-29(42)22-36-8-10-37(23-30(43)44)12-14-39(25-32(47)48)15-13-38(11-9-36)24-31(45)46/h26-27,33H,2-25H2,1H3,(H,34,42)(H,35,41)(H,43,44)(H,45,46)(H,47,48). The molecule has 51 heavy (non-hydrogen) atoms. The van der Waals surface area contributed by atoms with E-state index in [1.165, 1.54) is 0 Å². The number of carboxylic acids is 3. The van der Waals surface area contributed by atoms with Gasteiger partial charge in [-0.3, -0.25) is 43.6 Å². The van der Waals surface area contributed by atoms with Crippen molar-refractivity contribution in [2.75, 3.05) is 138 Å². The quantitative estimate of drug-likeness (QED) is 0.0366. The van der Waals surface area contributed by atoms with Crippen LogP contribution in [-0.2, 0) is 43.0 Å². The number of hydrogen-bond acceptors (Lipinski definition) is 14. The van der Waals surface area contributed by atoms with Crippen LogP contribution in [0.15, 0.2) is 0 Å². The van der Waals surface area contributed by atoms with Gasteiger partial charge in [0.2, 0.25) is 11.8 Å². The Morgan fingerprint density at radius 2 is 1.04 bits per heavy atom. The van der Waals surface area contributed by atoms with Crippen LogP contribution in [0.4, 0.5) is 0 Å². The summed E-state index contributed by atoms with van der Waals surface area (Å²) in [6, 6.07) is -0.652. The summed E-state index contributed by atoms with van der Waals surface area (Å²) in [5.74, 6) is -3.63. The predicted molar refractivity (Wildman–Crippen MR) is 185 cm³/mol. The zero-order chi connectivity index (χ0) is 37.7. The van der Waals surface area contributed by atoms with Gasteiger partial charge in [-0.1, -0.05) is 0 Å². The molecule has 0 radical (unpaired) electrons. The van der Waals surface area contributed by atoms with Gasteiger partial charge in [0.1, 0.15) is 6.29 Å². The van der Waals surface area contributed by atoms with Gasteiger partial charge in [0.15, 0.2) is 0 Å². The monoisotopic (exact) mass is 733 g/mol. The molecular weight excluding hydrogens is 674 g/mol. The van der Waals surface area contributed by atoms with Gasteiger partial charge in [-0.2, -0.15) is 0 Å². The lowest BCUT2D eigenvalue weighted by molar-refractivity contribution is -0.140. The van der Waals surface area contributed by atoms with E-state index in [-0.39, 0.29) is 64.1 Å². The Morgan fingerprint density at radius 3 is 1.47 bits per heavy atom. The van der Waals surface area contributed by atoms with E-state index in [0.717, 1.165) is 6.54 Å². The molecule has 0 aromatic rings. The Kier molecular flexibility index (Phi) is 26.3. The van der Waals surface area contributed by atoms with Gasteiger partial charge < -0.3 is 50.3 Å². The van der Waals surface area contributed by atoms with Gasteiger partial charge in [0.05, 0.1) is 71.9 Å². The van der Waals surface area contributed by atoms with E-state index in [2.05, 4.69) is 16.0 Å². The van der Waals surface area contributed by atoms with Crippen LogP contribution in [0.3, 0.4) is 0 Å². The second-order valence-corrected chi connectivity index (χ2v) is 12.1. The lowest BCUT2D eigenvalue weighted by Gasteiger charge is -2.32. The number of ether oxygens (including phenoxy) is 3. The summed E-state index contributed by atoms with van der Waals surface area (Å²) in [5, 5.41) is 36.6. The van der Waals surface area contributed by atoms with Crippen molar-refractivity contribution in [1.29, 1.82) is 0 Å². The van der Waals surface area contributed by atoms with E-state index < -0.39 is 23.9 Å². The summed E-state index contributed by atoms with van der Waals surface area (Å²) >= 11 is 0. The van der Waals surface area contributed by atoms with Crippen molar-refractivity contribution < 1.29 is 58.3 Å². The van der Waals surface area contributed by atoms with Gasteiger partial charge >= 0.3 is 17.9 Å². The molecule has 294 valence electrons. The molecule has 1 saturated heterocycles. The third-order valence-electron chi connectivity index (χ3n) is 7.86. The lowest BCUT2D eigenvalue weighted by Crippen LogP contribution is -2.49. The molecule has 1 aliphatic heterocycles. The van der Waals surface area contributed by atoms with E-state index >= 15 is 0 Å². The number of carbonyl (C=O) groups excluding carboxylic acids is 3. The zero-order valence-corrected chi connectivity index (χ0v) is 29.9. The fourth-order valence-electron chi connectivity index (χ4n) is 5.10. The summed E-state index contributed by atoms with van der Waals surface area (Å²) in [6.07, 6.45) is 2.35. The van der Waals surface area contributed by atoms with Crippen LogP contribution in [0.1, 0.15) is 25.7 Å². The Hall–Kier alpha value is -3.30. The molecule has 19 heteroatoms. The van der Waals surface area contributed by atoms with Crippen LogP contribution in [-0.4, -0.2) is 215 Å². The summed E-state index contributed by atoms with van der Waals surface area (Å²) < 4.78 is 16.1.